The maximum atomic E-state index is 11.5. The molecular weight excluding hydrogens is 232 g/mol. The Morgan fingerprint density at radius 2 is 2.11 bits per heavy atom. The third-order valence-electron chi connectivity index (χ3n) is 2.41. The van der Waals surface area contributed by atoms with Crippen LogP contribution in [0.25, 0.3) is 0 Å². The van der Waals surface area contributed by atoms with E-state index in [9.17, 15) is 4.79 Å². The lowest BCUT2D eigenvalue weighted by atomic mass is 10.3. The predicted octanol–water partition coefficient (Wildman–Crippen LogP) is 2.62. The Hall–Kier alpha value is -2.30. The first-order valence-corrected chi connectivity index (χ1v) is 5.63. The number of aromatic nitrogens is 1. The van der Waals surface area contributed by atoms with Gasteiger partial charge in [-0.25, -0.2) is 4.79 Å². The molecule has 0 spiro atoms. The third-order valence-corrected chi connectivity index (χ3v) is 2.41. The Morgan fingerprint density at radius 3 is 2.78 bits per heavy atom. The summed E-state index contributed by atoms with van der Waals surface area (Å²) >= 11 is 0. The molecule has 1 aromatic heterocycles. The van der Waals surface area contributed by atoms with E-state index in [0.29, 0.717) is 12.6 Å². The van der Waals surface area contributed by atoms with Gasteiger partial charge in [0.05, 0.1) is 6.61 Å². The maximum absolute atomic E-state index is 11.5. The second-order valence-corrected chi connectivity index (χ2v) is 3.63. The number of carbonyl (C=O) groups is 1. The van der Waals surface area contributed by atoms with Crippen LogP contribution in [-0.2, 0) is 4.74 Å². The summed E-state index contributed by atoms with van der Waals surface area (Å²) in [5, 5.41) is 0. The van der Waals surface area contributed by atoms with Crippen LogP contribution in [-0.4, -0.2) is 24.6 Å². The second-order valence-electron chi connectivity index (χ2n) is 3.63. The number of hydrogen-bond acceptors (Lipinski definition) is 5. The van der Waals surface area contributed by atoms with Crippen molar-refractivity contribution in [2.75, 3.05) is 18.6 Å². The zero-order chi connectivity index (χ0) is 13.0. The molecule has 0 atom stereocenters. The standard InChI is InChI=1S/C13H14N2O3/c1-3-17-12(16)11-9-18-13(14-11)15(2)10-7-5-4-6-8-10/h4-9H,3H2,1-2H3. The highest BCUT2D eigenvalue weighted by Crippen LogP contribution is 2.22. The van der Waals surface area contributed by atoms with Gasteiger partial charge in [-0.1, -0.05) is 18.2 Å². The lowest BCUT2D eigenvalue weighted by Crippen LogP contribution is -2.10. The largest absolute Gasteiger partial charge is 0.461 e. The molecule has 2 rings (SSSR count). The third kappa shape index (κ3) is 2.51. The maximum Gasteiger partial charge on any atom is 0.360 e. The molecule has 0 aliphatic carbocycles. The Morgan fingerprint density at radius 1 is 1.39 bits per heavy atom. The fourth-order valence-electron chi connectivity index (χ4n) is 1.48. The second kappa shape index (κ2) is 5.35. The van der Waals surface area contributed by atoms with Crippen molar-refractivity contribution in [3.05, 3.63) is 42.3 Å². The van der Waals surface area contributed by atoms with Crippen LogP contribution in [0.5, 0.6) is 0 Å². The highest BCUT2D eigenvalue weighted by atomic mass is 16.5. The smallest absolute Gasteiger partial charge is 0.360 e. The average Bonchev–Trinajstić information content (AvgIpc) is 2.89. The van der Waals surface area contributed by atoms with Gasteiger partial charge in [0.15, 0.2) is 5.69 Å². The molecule has 0 aliphatic rings. The molecule has 18 heavy (non-hydrogen) atoms. The number of ether oxygens (including phenoxy) is 1. The molecule has 0 N–H and O–H groups in total. The van der Waals surface area contributed by atoms with Gasteiger partial charge in [-0.2, -0.15) is 4.98 Å². The first kappa shape index (κ1) is 12.2. The Balaban J connectivity index is 2.17. The van der Waals surface area contributed by atoms with E-state index in [1.165, 1.54) is 6.26 Å². The molecule has 0 saturated heterocycles. The van der Waals surface area contributed by atoms with Crippen LogP contribution in [0.2, 0.25) is 0 Å². The predicted molar refractivity (Wildman–Crippen MR) is 67.0 cm³/mol. The zero-order valence-electron chi connectivity index (χ0n) is 10.3. The van der Waals surface area contributed by atoms with Gasteiger partial charge in [0.1, 0.15) is 6.26 Å². The molecule has 0 saturated carbocycles. The molecular formula is C13H14N2O3. The van der Waals surface area contributed by atoms with E-state index in [4.69, 9.17) is 9.15 Å². The quantitative estimate of drug-likeness (QED) is 0.776. The van der Waals surface area contributed by atoms with E-state index in [1.807, 2.05) is 37.4 Å². The summed E-state index contributed by atoms with van der Waals surface area (Å²) in [4.78, 5) is 17.3. The lowest BCUT2D eigenvalue weighted by molar-refractivity contribution is 0.0519. The van der Waals surface area contributed by atoms with E-state index in [0.717, 1.165) is 5.69 Å². The minimum Gasteiger partial charge on any atom is -0.461 e. The van der Waals surface area contributed by atoms with E-state index in [-0.39, 0.29) is 5.69 Å². The number of benzene rings is 1. The minimum atomic E-state index is -0.478. The zero-order valence-corrected chi connectivity index (χ0v) is 10.3. The minimum absolute atomic E-state index is 0.176. The SMILES string of the molecule is CCOC(=O)c1coc(N(C)c2ccccc2)n1. The first-order chi connectivity index (χ1) is 8.72. The van der Waals surface area contributed by atoms with Crippen LogP contribution in [0.15, 0.2) is 41.0 Å². The van der Waals surface area contributed by atoms with Gasteiger partial charge in [-0.15, -0.1) is 0 Å². The van der Waals surface area contributed by atoms with E-state index >= 15 is 0 Å². The molecule has 0 fully saturated rings. The Kier molecular flexibility index (Phi) is 3.62. The van der Waals surface area contributed by atoms with Crippen LogP contribution in [0.1, 0.15) is 17.4 Å². The van der Waals surface area contributed by atoms with E-state index in [1.54, 1.807) is 11.8 Å². The number of anilines is 2. The molecule has 0 bridgehead atoms. The summed E-state index contributed by atoms with van der Waals surface area (Å²) in [6.45, 7) is 2.06. The highest BCUT2D eigenvalue weighted by Gasteiger charge is 2.16. The number of carbonyl (C=O) groups excluding carboxylic acids is 1. The molecule has 2 aromatic rings. The molecule has 1 aromatic carbocycles. The lowest BCUT2D eigenvalue weighted by Gasteiger charge is -2.13. The van der Waals surface area contributed by atoms with Gasteiger partial charge in [0, 0.05) is 12.7 Å². The van der Waals surface area contributed by atoms with Crippen LogP contribution < -0.4 is 4.90 Å². The number of para-hydroxylation sites is 1. The fraction of sp³-hybridized carbons (Fsp3) is 0.231. The summed E-state index contributed by atoms with van der Waals surface area (Å²) in [5.74, 6) is -0.478. The Bertz CT molecular complexity index is 522. The molecule has 0 amide bonds. The van der Waals surface area contributed by atoms with Crippen molar-refractivity contribution in [3.8, 4) is 0 Å². The van der Waals surface area contributed by atoms with Gasteiger partial charge in [0.2, 0.25) is 0 Å². The topological polar surface area (TPSA) is 55.6 Å². The van der Waals surface area contributed by atoms with Gasteiger partial charge in [-0.05, 0) is 19.1 Å². The van der Waals surface area contributed by atoms with Crippen molar-refractivity contribution in [2.45, 2.75) is 6.92 Å². The van der Waals surface area contributed by atoms with Crippen LogP contribution in [0.4, 0.5) is 11.7 Å². The number of esters is 1. The van der Waals surface area contributed by atoms with Crippen LogP contribution in [0.3, 0.4) is 0 Å². The highest BCUT2D eigenvalue weighted by molar-refractivity contribution is 5.87. The monoisotopic (exact) mass is 246 g/mol. The summed E-state index contributed by atoms with van der Waals surface area (Å²) in [6.07, 6.45) is 1.30. The summed E-state index contributed by atoms with van der Waals surface area (Å²) in [5.41, 5.74) is 1.10. The van der Waals surface area contributed by atoms with Gasteiger partial charge < -0.3 is 9.15 Å². The Labute approximate surface area is 105 Å². The number of rotatable bonds is 4. The van der Waals surface area contributed by atoms with Crippen molar-refractivity contribution >= 4 is 17.7 Å². The van der Waals surface area contributed by atoms with Crippen molar-refractivity contribution < 1.29 is 13.9 Å². The average molecular weight is 246 g/mol. The molecule has 5 nitrogen and oxygen atoms in total. The summed E-state index contributed by atoms with van der Waals surface area (Å²) in [6, 6.07) is 9.96. The summed E-state index contributed by atoms with van der Waals surface area (Å²) < 4.78 is 10.1. The van der Waals surface area contributed by atoms with Crippen molar-refractivity contribution in [3.63, 3.8) is 0 Å². The molecule has 1 heterocycles. The fourth-order valence-corrected chi connectivity index (χ4v) is 1.48. The number of oxazole rings is 1. The van der Waals surface area contributed by atoms with E-state index < -0.39 is 5.97 Å². The van der Waals surface area contributed by atoms with Crippen LogP contribution in [0, 0.1) is 0 Å². The molecule has 0 unspecified atom stereocenters. The number of nitrogens with zero attached hydrogens (tertiary/aromatic N) is 2. The van der Waals surface area contributed by atoms with E-state index in [2.05, 4.69) is 4.98 Å². The molecule has 0 radical (unpaired) electrons. The number of hydrogen-bond donors (Lipinski definition) is 0. The van der Waals surface area contributed by atoms with Gasteiger partial charge >= 0.3 is 12.0 Å². The van der Waals surface area contributed by atoms with Crippen molar-refractivity contribution in [2.24, 2.45) is 0 Å². The normalized spacial score (nSPS) is 10.1. The molecule has 94 valence electrons. The van der Waals surface area contributed by atoms with Gasteiger partial charge in [-0.3, -0.25) is 4.90 Å². The summed E-state index contributed by atoms with van der Waals surface area (Å²) in [7, 11) is 1.82. The van der Waals surface area contributed by atoms with Crippen LogP contribution >= 0.6 is 0 Å². The van der Waals surface area contributed by atoms with Gasteiger partial charge in [0.25, 0.3) is 0 Å². The van der Waals surface area contributed by atoms with Crippen molar-refractivity contribution in [1.82, 2.24) is 4.98 Å². The van der Waals surface area contributed by atoms with Crippen molar-refractivity contribution in [1.29, 1.82) is 0 Å². The molecule has 0 aliphatic heterocycles. The first-order valence-electron chi connectivity index (χ1n) is 5.63. The molecule has 5 heteroatoms.